The van der Waals surface area contributed by atoms with Gasteiger partial charge in [0.1, 0.15) is 24.4 Å². The van der Waals surface area contributed by atoms with Crippen LogP contribution in [0.25, 0.3) is 0 Å². The van der Waals surface area contributed by atoms with Gasteiger partial charge in [-0.05, 0) is 6.42 Å². The number of ether oxygens (including phenoxy) is 5. The number of aliphatic hydroxyl groups is 3. The predicted octanol–water partition coefficient (Wildman–Crippen LogP) is -0.733. The summed E-state index contributed by atoms with van der Waals surface area (Å²) in [6.07, 6.45) is -4.84. The Bertz CT molecular complexity index is 515. The molecule has 0 spiro atoms. The summed E-state index contributed by atoms with van der Waals surface area (Å²) in [5, 5.41) is 42.4. The van der Waals surface area contributed by atoms with Crippen LogP contribution in [-0.4, -0.2) is 103 Å². The lowest BCUT2D eigenvalue weighted by Crippen LogP contribution is -2.57. The van der Waals surface area contributed by atoms with E-state index >= 15 is 0 Å². The van der Waals surface area contributed by atoms with E-state index in [-0.39, 0.29) is 37.8 Å². The van der Waals surface area contributed by atoms with Gasteiger partial charge in [-0.25, -0.2) is 5.26 Å². The van der Waals surface area contributed by atoms with E-state index in [1.165, 1.54) is 7.11 Å². The van der Waals surface area contributed by atoms with Gasteiger partial charge in [0, 0.05) is 18.9 Å². The van der Waals surface area contributed by atoms with Crippen LogP contribution < -0.4 is 0 Å². The molecule has 4 N–H and O–H groups in total. The second-order valence-electron chi connectivity index (χ2n) is 7.50. The van der Waals surface area contributed by atoms with Crippen molar-refractivity contribution in [1.82, 2.24) is 0 Å². The predicted molar refractivity (Wildman–Crippen MR) is 98.5 cm³/mol. The SMILES string of the molecule is CC[C@@H]1C(O)[C@H](COC[C@H]2C3CO[C@H]2C(O)[C@@H](OC)O3)OC(CO)[C@@H]1OSOOO. The van der Waals surface area contributed by atoms with Crippen LogP contribution >= 0.6 is 12.3 Å². The quantitative estimate of drug-likeness (QED) is 0.133. The van der Waals surface area contributed by atoms with Crippen LogP contribution in [0, 0.1) is 11.8 Å². The van der Waals surface area contributed by atoms with Gasteiger partial charge >= 0.3 is 0 Å². The fourth-order valence-corrected chi connectivity index (χ4v) is 4.79. The maximum atomic E-state index is 10.7. The second-order valence-corrected chi connectivity index (χ2v) is 7.96. The number of aliphatic hydroxyl groups excluding tert-OH is 3. The maximum Gasteiger partial charge on any atom is 0.198 e. The molecule has 3 rings (SSSR count). The molecule has 3 aliphatic rings. The van der Waals surface area contributed by atoms with E-state index in [1.54, 1.807) is 0 Å². The molecule has 3 saturated heterocycles. The maximum absolute atomic E-state index is 10.7. The second kappa shape index (κ2) is 11.7. The average molecular weight is 458 g/mol. The van der Waals surface area contributed by atoms with Crippen molar-refractivity contribution in [1.29, 1.82) is 0 Å². The van der Waals surface area contributed by atoms with Crippen LogP contribution in [0.4, 0.5) is 0 Å². The first-order valence-electron chi connectivity index (χ1n) is 9.85. The molecule has 4 unspecified atom stereocenters. The molecule has 0 aromatic heterocycles. The van der Waals surface area contributed by atoms with Crippen molar-refractivity contribution in [2.24, 2.45) is 11.8 Å². The summed E-state index contributed by atoms with van der Waals surface area (Å²) in [4.78, 5) is 0. The van der Waals surface area contributed by atoms with Crippen LogP contribution in [0.3, 0.4) is 0 Å². The highest BCUT2D eigenvalue weighted by Gasteiger charge is 2.51. The molecule has 3 fully saturated rings. The van der Waals surface area contributed by atoms with Gasteiger partial charge in [-0.2, -0.15) is 0 Å². The van der Waals surface area contributed by atoms with Crippen molar-refractivity contribution in [2.45, 2.75) is 62.4 Å². The van der Waals surface area contributed by atoms with Crippen LogP contribution in [-0.2, 0) is 37.2 Å². The molecule has 3 aliphatic heterocycles. The van der Waals surface area contributed by atoms with Gasteiger partial charge in [-0.1, -0.05) is 12.0 Å². The summed E-state index contributed by atoms with van der Waals surface area (Å²) in [7, 11) is 1.46. The molecular weight excluding hydrogens is 428 g/mol. The third kappa shape index (κ3) is 5.26. The van der Waals surface area contributed by atoms with Crippen LogP contribution in [0.1, 0.15) is 13.3 Å². The van der Waals surface area contributed by atoms with Crippen LogP contribution in [0.2, 0.25) is 0 Å². The topological polar surface area (TPSA) is 155 Å². The van der Waals surface area contributed by atoms with Crippen LogP contribution in [0.5, 0.6) is 0 Å². The molecule has 176 valence electrons. The molecule has 12 nitrogen and oxygen atoms in total. The van der Waals surface area contributed by atoms with E-state index in [0.29, 0.717) is 25.4 Å². The number of methoxy groups -OCH3 is 1. The van der Waals surface area contributed by atoms with E-state index < -0.39 is 42.9 Å². The zero-order valence-electron chi connectivity index (χ0n) is 16.8. The third-order valence-corrected chi connectivity index (χ3v) is 6.34. The van der Waals surface area contributed by atoms with Crippen molar-refractivity contribution in [3.05, 3.63) is 0 Å². The Hall–Kier alpha value is -0.130. The molecule has 3 heterocycles. The van der Waals surface area contributed by atoms with Crippen molar-refractivity contribution in [3.63, 3.8) is 0 Å². The minimum Gasteiger partial charge on any atom is -0.394 e. The Labute approximate surface area is 178 Å². The zero-order chi connectivity index (χ0) is 21.7. The summed E-state index contributed by atoms with van der Waals surface area (Å²) in [5.41, 5.74) is 0. The minimum absolute atomic E-state index is 0.0734. The first-order valence-corrected chi connectivity index (χ1v) is 10.5. The first-order chi connectivity index (χ1) is 14.5. The lowest BCUT2D eigenvalue weighted by atomic mass is 9.84. The molecule has 0 aromatic rings. The number of hydrogen-bond acceptors (Lipinski definition) is 13. The van der Waals surface area contributed by atoms with E-state index in [9.17, 15) is 15.3 Å². The van der Waals surface area contributed by atoms with Crippen molar-refractivity contribution < 1.29 is 57.8 Å². The van der Waals surface area contributed by atoms with E-state index in [2.05, 4.69) is 9.37 Å². The molecule has 0 aromatic carbocycles. The number of rotatable bonds is 11. The molecule has 0 aliphatic carbocycles. The Kier molecular flexibility index (Phi) is 9.52. The summed E-state index contributed by atoms with van der Waals surface area (Å²) in [6, 6.07) is 0. The van der Waals surface area contributed by atoms with Gasteiger partial charge in [0.15, 0.2) is 18.6 Å². The molecule has 13 heteroatoms. The molecular formula is C17H30O12S. The summed E-state index contributed by atoms with van der Waals surface area (Å²) in [6.45, 7) is 2.19. The normalized spacial score (nSPS) is 43.8. The van der Waals surface area contributed by atoms with Gasteiger partial charge in [0.2, 0.25) is 0 Å². The van der Waals surface area contributed by atoms with Crippen molar-refractivity contribution >= 4 is 12.3 Å². The van der Waals surface area contributed by atoms with Gasteiger partial charge in [0.05, 0.1) is 44.7 Å². The number of hydrogen-bond donors (Lipinski definition) is 4. The summed E-state index contributed by atoms with van der Waals surface area (Å²) in [5.74, 6) is -0.549. The van der Waals surface area contributed by atoms with E-state index in [0.717, 1.165) is 0 Å². The zero-order valence-corrected chi connectivity index (χ0v) is 17.6. The highest BCUT2D eigenvalue weighted by atomic mass is 32.2. The van der Waals surface area contributed by atoms with Crippen molar-refractivity contribution in [2.75, 3.05) is 33.5 Å². The monoisotopic (exact) mass is 458 g/mol. The minimum atomic E-state index is -0.919. The van der Waals surface area contributed by atoms with E-state index in [1.807, 2.05) is 6.92 Å². The summed E-state index contributed by atoms with van der Waals surface area (Å²) < 4.78 is 37.6. The molecule has 0 radical (unpaired) electrons. The smallest absolute Gasteiger partial charge is 0.198 e. The Balaban J connectivity index is 1.53. The van der Waals surface area contributed by atoms with E-state index in [4.69, 9.17) is 33.1 Å². The molecule has 0 amide bonds. The van der Waals surface area contributed by atoms with Gasteiger partial charge in [-0.3, -0.25) is 4.18 Å². The molecule has 30 heavy (non-hydrogen) atoms. The molecule has 2 bridgehead atoms. The van der Waals surface area contributed by atoms with Crippen molar-refractivity contribution in [3.8, 4) is 0 Å². The molecule has 10 atom stereocenters. The Morgan fingerprint density at radius 2 is 1.87 bits per heavy atom. The van der Waals surface area contributed by atoms with Crippen LogP contribution in [0.15, 0.2) is 0 Å². The molecule has 0 saturated carbocycles. The fourth-order valence-electron chi connectivity index (χ4n) is 4.38. The van der Waals surface area contributed by atoms with Gasteiger partial charge in [-0.15, -0.1) is 4.33 Å². The van der Waals surface area contributed by atoms with Gasteiger partial charge < -0.3 is 39.0 Å². The van der Waals surface area contributed by atoms with Gasteiger partial charge in [0.25, 0.3) is 0 Å². The standard InChI is InChI=1S/C17H30O12S/c1-3-8-13(19)12(25-10(4-18)15(8)27-30-29-28-21)6-23-5-9-11-7-24-16(9)14(20)17(22-2)26-11/h8-21H,3-7H2,1-2H3/t8-,9+,10?,11?,12+,13?,14?,15-,16-,17+/m1/s1. The average Bonchev–Trinajstić information content (AvgIpc) is 3.07. The largest absolute Gasteiger partial charge is 0.394 e. The lowest BCUT2D eigenvalue weighted by Gasteiger charge is -2.43. The lowest BCUT2D eigenvalue weighted by molar-refractivity contribution is -0.434. The first kappa shape index (κ1) is 24.5. The highest BCUT2D eigenvalue weighted by molar-refractivity contribution is 7.89. The highest BCUT2D eigenvalue weighted by Crippen LogP contribution is 2.36. The fraction of sp³-hybridized carbons (Fsp3) is 1.00. The Morgan fingerprint density at radius 1 is 1.07 bits per heavy atom. The Morgan fingerprint density at radius 3 is 2.53 bits per heavy atom. The number of fused-ring (bicyclic) bond motifs is 2. The summed E-state index contributed by atoms with van der Waals surface area (Å²) >= 11 is 0.380. The third-order valence-electron chi connectivity index (χ3n) is 5.92.